The van der Waals surface area contributed by atoms with Crippen molar-refractivity contribution in [2.45, 2.75) is 56.7 Å². The maximum atomic E-state index is 12.9. The second-order valence-corrected chi connectivity index (χ2v) is 8.00. The number of rotatable bonds is 1. The first-order valence-corrected chi connectivity index (χ1v) is 9.75. The third-order valence-electron chi connectivity index (χ3n) is 6.47. The van der Waals surface area contributed by atoms with Crippen molar-refractivity contribution in [1.29, 1.82) is 0 Å². The first-order valence-electron chi connectivity index (χ1n) is 9.75. The van der Waals surface area contributed by atoms with Crippen molar-refractivity contribution in [2.24, 2.45) is 0 Å². The smallest absolute Gasteiger partial charge is 0.255 e. The van der Waals surface area contributed by atoms with Crippen molar-refractivity contribution in [2.75, 3.05) is 13.1 Å². The molecular formula is C20H23N3O4. The molecule has 1 spiro atoms. The van der Waals surface area contributed by atoms with Crippen LogP contribution in [0.3, 0.4) is 0 Å². The monoisotopic (exact) mass is 369 g/mol. The summed E-state index contributed by atoms with van der Waals surface area (Å²) >= 11 is 0. The summed E-state index contributed by atoms with van der Waals surface area (Å²) < 4.78 is 6.44. The molecule has 0 bridgehead atoms. The van der Waals surface area contributed by atoms with Crippen molar-refractivity contribution < 1.29 is 19.1 Å². The summed E-state index contributed by atoms with van der Waals surface area (Å²) in [7, 11) is 0. The first-order chi connectivity index (χ1) is 13.1. The molecule has 1 atom stereocenters. The molecule has 3 amide bonds. The van der Waals surface area contributed by atoms with Crippen LogP contribution in [0.15, 0.2) is 12.1 Å². The van der Waals surface area contributed by atoms with Gasteiger partial charge in [0, 0.05) is 24.1 Å². The van der Waals surface area contributed by atoms with Crippen LogP contribution in [0.4, 0.5) is 0 Å². The number of hydrogen-bond acceptors (Lipinski definition) is 5. The Hall–Kier alpha value is -2.41. The molecule has 4 heterocycles. The highest BCUT2D eigenvalue weighted by Crippen LogP contribution is 2.42. The fourth-order valence-electron chi connectivity index (χ4n) is 4.92. The standard InChI is InChI=1S/C20H23N3O4/c24-17-4-2-15(18(25)22-17)23-11-14-12-5-6-20(7-9-21-10-8-20)27-16(12)3-1-13(14)19(23)26/h1,3,15,21H,2,4-11H2,(H,22,24,25)/t15-/m0/s1. The van der Waals surface area contributed by atoms with E-state index in [1.165, 1.54) is 0 Å². The maximum absolute atomic E-state index is 12.9. The summed E-state index contributed by atoms with van der Waals surface area (Å²) in [6.45, 7) is 2.37. The highest BCUT2D eigenvalue weighted by molar-refractivity contribution is 6.05. The highest BCUT2D eigenvalue weighted by atomic mass is 16.5. The average molecular weight is 369 g/mol. The normalized spacial score (nSPS) is 26.4. The first kappa shape index (κ1) is 16.7. The van der Waals surface area contributed by atoms with Crippen LogP contribution in [-0.2, 0) is 22.6 Å². The van der Waals surface area contributed by atoms with Crippen LogP contribution in [0.1, 0.15) is 53.6 Å². The second kappa shape index (κ2) is 6.05. The lowest BCUT2D eigenvalue weighted by molar-refractivity contribution is -0.136. The molecule has 2 N–H and O–H groups in total. The molecule has 7 nitrogen and oxygen atoms in total. The van der Waals surface area contributed by atoms with Crippen molar-refractivity contribution in [1.82, 2.24) is 15.5 Å². The van der Waals surface area contributed by atoms with Gasteiger partial charge in [0.2, 0.25) is 11.8 Å². The lowest BCUT2D eigenvalue weighted by Crippen LogP contribution is -2.52. The maximum Gasteiger partial charge on any atom is 0.255 e. The fraction of sp³-hybridized carbons (Fsp3) is 0.550. The number of nitrogens with one attached hydrogen (secondary N) is 2. The van der Waals surface area contributed by atoms with E-state index in [1.54, 1.807) is 4.90 Å². The molecule has 2 saturated heterocycles. The number of fused-ring (bicyclic) bond motifs is 3. The number of piperidine rings is 2. The van der Waals surface area contributed by atoms with Crippen molar-refractivity contribution in [3.8, 4) is 5.75 Å². The van der Waals surface area contributed by atoms with Gasteiger partial charge < -0.3 is 15.0 Å². The van der Waals surface area contributed by atoms with E-state index in [2.05, 4.69) is 10.6 Å². The highest BCUT2D eigenvalue weighted by Gasteiger charge is 2.43. The Morgan fingerprint density at radius 1 is 1.04 bits per heavy atom. The largest absolute Gasteiger partial charge is 0.487 e. The van der Waals surface area contributed by atoms with Gasteiger partial charge in [-0.15, -0.1) is 0 Å². The van der Waals surface area contributed by atoms with Gasteiger partial charge in [-0.25, -0.2) is 0 Å². The average Bonchev–Trinajstić information content (AvgIpc) is 2.99. The van der Waals surface area contributed by atoms with Crippen LogP contribution in [0.2, 0.25) is 0 Å². The van der Waals surface area contributed by atoms with Gasteiger partial charge in [0.1, 0.15) is 17.4 Å². The molecular weight excluding hydrogens is 346 g/mol. The lowest BCUT2D eigenvalue weighted by Gasteiger charge is -2.42. The van der Waals surface area contributed by atoms with E-state index >= 15 is 0 Å². The van der Waals surface area contributed by atoms with Gasteiger partial charge in [0.05, 0.1) is 0 Å². The summed E-state index contributed by atoms with van der Waals surface area (Å²) in [5.74, 6) is 0.133. The quantitative estimate of drug-likeness (QED) is 0.718. The molecule has 0 aliphatic carbocycles. The Morgan fingerprint density at radius 2 is 1.85 bits per heavy atom. The van der Waals surface area contributed by atoms with Crippen LogP contribution < -0.4 is 15.4 Å². The predicted octanol–water partition coefficient (Wildman–Crippen LogP) is 0.895. The van der Waals surface area contributed by atoms with Crippen LogP contribution in [0, 0.1) is 0 Å². The molecule has 4 aliphatic heterocycles. The predicted molar refractivity (Wildman–Crippen MR) is 96.3 cm³/mol. The molecule has 27 heavy (non-hydrogen) atoms. The molecule has 5 rings (SSSR count). The Morgan fingerprint density at radius 3 is 2.63 bits per heavy atom. The summed E-state index contributed by atoms with van der Waals surface area (Å²) in [6, 6.07) is 3.18. The Bertz CT molecular complexity index is 844. The van der Waals surface area contributed by atoms with Crippen LogP contribution >= 0.6 is 0 Å². The minimum atomic E-state index is -0.571. The molecule has 4 aliphatic rings. The van der Waals surface area contributed by atoms with E-state index in [9.17, 15) is 14.4 Å². The van der Waals surface area contributed by atoms with Gasteiger partial charge in [-0.3, -0.25) is 19.7 Å². The van der Waals surface area contributed by atoms with E-state index < -0.39 is 6.04 Å². The van der Waals surface area contributed by atoms with Crippen molar-refractivity contribution in [3.63, 3.8) is 0 Å². The fourth-order valence-corrected chi connectivity index (χ4v) is 4.92. The van der Waals surface area contributed by atoms with Crippen LogP contribution in [-0.4, -0.2) is 47.4 Å². The van der Waals surface area contributed by atoms with Crippen molar-refractivity contribution in [3.05, 3.63) is 28.8 Å². The number of carbonyl (C=O) groups excluding carboxylic acids is 3. The summed E-state index contributed by atoms with van der Waals surface area (Å²) in [5, 5.41) is 5.74. The summed E-state index contributed by atoms with van der Waals surface area (Å²) in [4.78, 5) is 38.2. The number of imide groups is 1. The Balaban J connectivity index is 1.43. The van der Waals surface area contributed by atoms with Gasteiger partial charge in [-0.1, -0.05) is 0 Å². The lowest BCUT2D eigenvalue weighted by atomic mass is 9.82. The molecule has 0 aromatic heterocycles. The topological polar surface area (TPSA) is 87.7 Å². The van der Waals surface area contributed by atoms with E-state index in [1.807, 2.05) is 12.1 Å². The van der Waals surface area contributed by atoms with E-state index in [-0.39, 0.29) is 29.7 Å². The van der Waals surface area contributed by atoms with Crippen LogP contribution in [0.5, 0.6) is 5.75 Å². The van der Waals surface area contributed by atoms with Gasteiger partial charge in [-0.2, -0.15) is 0 Å². The van der Waals surface area contributed by atoms with E-state index in [0.29, 0.717) is 18.5 Å². The molecule has 1 aromatic rings. The summed E-state index contributed by atoms with van der Waals surface area (Å²) in [5.41, 5.74) is 2.69. The Labute approximate surface area is 157 Å². The molecule has 0 radical (unpaired) electrons. The minimum Gasteiger partial charge on any atom is -0.487 e. The Kier molecular flexibility index (Phi) is 3.75. The zero-order valence-electron chi connectivity index (χ0n) is 15.2. The zero-order chi connectivity index (χ0) is 18.6. The molecule has 142 valence electrons. The SMILES string of the molecule is O=C1CC[C@H](N2Cc3c(ccc4c3CCC3(CCNCC3)O4)C2=O)C(=O)N1. The third kappa shape index (κ3) is 2.64. The number of nitrogens with zero attached hydrogens (tertiary/aromatic N) is 1. The van der Waals surface area contributed by atoms with Crippen molar-refractivity contribution >= 4 is 17.7 Å². The van der Waals surface area contributed by atoms with E-state index in [4.69, 9.17) is 4.74 Å². The van der Waals surface area contributed by atoms with Crippen LogP contribution in [0.25, 0.3) is 0 Å². The van der Waals surface area contributed by atoms with Gasteiger partial charge >= 0.3 is 0 Å². The minimum absolute atomic E-state index is 0.0849. The molecule has 0 saturated carbocycles. The number of amides is 3. The number of ether oxygens (including phenoxy) is 1. The van der Waals surface area contributed by atoms with Gasteiger partial charge in [-0.05, 0) is 62.9 Å². The number of benzene rings is 1. The second-order valence-electron chi connectivity index (χ2n) is 8.00. The molecule has 0 unspecified atom stereocenters. The molecule has 7 heteroatoms. The zero-order valence-corrected chi connectivity index (χ0v) is 15.2. The summed E-state index contributed by atoms with van der Waals surface area (Å²) in [6.07, 6.45) is 4.53. The number of hydrogen-bond donors (Lipinski definition) is 2. The van der Waals surface area contributed by atoms with Gasteiger partial charge in [0.15, 0.2) is 0 Å². The number of carbonyl (C=O) groups is 3. The third-order valence-corrected chi connectivity index (χ3v) is 6.47. The molecule has 2 fully saturated rings. The van der Waals surface area contributed by atoms with E-state index in [0.717, 1.165) is 55.6 Å². The van der Waals surface area contributed by atoms with Gasteiger partial charge in [0.25, 0.3) is 5.91 Å². The molecule has 1 aromatic carbocycles.